The first-order valence-corrected chi connectivity index (χ1v) is 6.08. The van der Waals surface area contributed by atoms with Crippen molar-refractivity contribution in [1.29, 1.82) is 0 Å². The van der Waals surface area contributed by atoms with E-state index in [2.05, 4.69) is 10.3 Å². The number of hydrogen-bond donors (Lipinski definition) is 3. The molecule has 1 fully saturated rings. The molecule has 1 atom stereocenters. The van der Waals surface area contributed by atoms with Crippen molar-refractivity contribution < 1.29 is 9.53 Å². The Morgan fingerprint density at radius 3 is 3.06 bits per heavy atom. The Kier molecular flexibility index (Phi) is 3.99. The Morgan fingerprint density at radius 1 is 1.56 bits per heavy atom. The third-order valence-electron chi connectivity index (χ3n) is 2.96. The number of anilines is 2. The molecule has 6 nitrogen and oxygen atoms in total. The normalized spacial score (nSPS) is 18.8. The average Bonchev–Trinajstić information content (AvgIpc) is 2.84. The zero-order valence-corrected chi connectivity index (χ0v) is 10.2. The standard InChI is InChI=1S/C12H18N4O2/c13-9-3-4-10(11(14)17)16-12(9)15-6-5-8-2-1-7-18-8/h3-4,8H,1-2,5-7,13H2,(H2,14,17)(H,15,16). The van der Waals surface area contributed by atoms with Crippen LogP contribution in [0.2, 0.25) is 0 Å². The molecule has 5 N–H and O–H groups in total. The first kappa shape index (κ1) is 12.6. The van der Waals surface area contributed by atoms with Gasteiger partial charge in [-0.05, 0) is 31.4 Å². The largest absolute Gasteiger partial charge is 0.396 e. The minimum Gasteiger partial charge on any atom is -0.396 e. The van der Waals surface area contributed by atoms with E-state index in [4.69, 9.17) is 16.2 Å². The molecule has 2 heterocycles. The van der Waals surface area contributed by atoms with Gasteiger partial charge in [0.2, 0.25) is 0 Å². The van der Waals surface area contributed by atoms with Crippen LogP contribution in [0.15, 0.2) is 12.1 Å². The zero-order valence-electron chi connectivity index (χ0n) is 10.2. The van der Waals surface area contributed by atoms with E-state index in [9.17, 15) is 4.79 Å². The van der Waals surface area contributed by atoms with Crippen LogP contribution in [0.3, 0.4) is 0 Å². The van der Waals surface area contributed by atoms with Crippen LogP contribution in [-0.2, 0) is 4.74 Å². The molecule has 0 saturated carbocycles. The van der Waals surface area contributed by atoms with E-state index in [1.54, 1.807) is 6.07 Å². The molecule has 1 saturated heterocycles. The first-order chi connectivity index (χ1) is 8.66. The van der Waals surface area contributed by atoms with Gasteiger partial charge in [-0.3, -0.25) is 4.79 Å². The summed E-state index contributed by atoms with van der Waals surface area (Å²) in [5.41, 5.74) is 11.7. The SMILES string of the molecule is NC(=O)c1ccc(N)c(NCCC2CCCO2)n1. The number of nitrogen functional groups attached to an aromatic ring is 1. The number of carbonyl (C=O) groups excluding carboxylic acids is 1. The minimum atomic E-state index is -0.558. The molecule has 1 unspecified atom stereocenters. The maximum absolute atomic E-state index is 11.0. The van der Waals surface area contributed by atoms with Crippen molar-refractivity contribution >= 4 is 17.4 Å². The van der Waals surface area contributed by atoms with Crippen LogP contribution < -0.4 is 16.8 Å². The molecule has 1 aliphatic heterocycles. The summed E-state index contributed by atoms with van der Waals surface area (Å²) in [6, 6.07) is 3.14. The van der Waals surface area contributed by atoms with Crippen molar-refractivity contribution in [3.05, 3.63) is 17.8 Å². The molecule has 98 valence electrons. The van der Waals surface area contributed by atoms with E-state index in [0.717, 1.165) is 25.9 Å². The van der Waals surface area contributed by atoms with Crippen LogP contribution in [0.1, 0.15) is 29.8 Å². The summed E-state index contributed by atoms with van der Waals surface area (Å²) < 4.78 is 5.52. The van der Waals surface area contributed by atoms with Crippen molar-refractivity contribution in [1.82, 2.24) is 4.98 Å². The van der Waals surface area contributed by atoms with E-state index in [1.165, 1.54) is 6.07 Å². The molecule has 0 spiro atoms. The summed E-state index contributed by atoms with van der Waals surface area (Å²) in [4.78, 5) is 15.1. The van der Waals surface area contributed by atoms with E-state index in [0.29, 0.717) is 24.2 Å². The summed E-state index contributed by atoms with van der Waals surface area (Å²) in [5, 5.41) is 3.11. The average molecular weight is 250 g/mol. The van der Waals surface area contributed by atoms with E-state index in [1.807, 2.05) is 0 Å². The first-order valence-electron chi connectivity index (χ1n) is 6.08. The summed E-state index contributed by atoms with van der Waals surface area (Å²) in [6.07, 6.45) is 3.45. The fourth-order valence-electron chi connectivity index (χ4n) is 1.97. The Balaban J connectivity index is 1.91. The van der Waals surface area contributed by atoms with Crippen LogP contribution >= 0.6 is 0 Å². The third kappa shape index (κ3) is 3.10. The van der Waals surface area contributed by atoms with Crippen molar-refractivity contribution in [2.24, 2.45) is 5.73 Å². The van der Waals surface area contributed by atoms with Crippen LogP contribution in [0.5, 0.6) is 0 Å². The molecule has 0 aromatic carbocycles. The Bertz CT molecular complexity index is 430. The number of ether oxygens (including phenoxy) is 1. The molecular formula is C12H18N4O2. The van der Waals surface area contributed by atoms with Crippen LogP contribution in [0, 0.1) is 0 Å². The Hall–Kier alpha value is -1.82. The number of aromatic nitrogens is 1. The van der Waals surface area contributed by atoms with Crippen molar-refractivity contribution in [3.8, 4) is 0 Å². The minimum absolute atomic E-state index is 0.212. The highest BCUT2D eigenvalue weighted by atomic mass is 16.5. The van der Waals surface area contributed by atoms with Gasteiger partial charge in [0.15, 0.2) is 0 Å². The molecule has 1 amide bonds. The van der Waals surface area contributed by atoms with Crippen molar-refractivity contribution in [3.63, 3.8) is 0 Å². The lowest BCUT2D eigenvalue weighted by Gasteiger charge is -2.12. The smallest absolute Gasteiger partial charge is 0.267 e. The second-order valence-electron chi connectivity index (χ2n) is 4.35. The number of rotatable bonds is 5. The maximum Gasteiger partial charge on any atom is 0.267 e. The van der Waals surface area contributed by atoms with Crippen LogP contribution in [-0.4, -0.2) is 30.1 Å². The van der Waals surface area contributed by atoms with Gasteiger partial charge in [-0.2, -0.15) is 0 Å². The maximum atomic E-state index is 11.0. The molecule has 0 radical (unpaired) electrons. The molecular weight excluding hydrogens is 232 g/mol. The molecule has 2 rings (SSSR count). The van der Waals surface area contributed by atoms with Crippen LogP contribution in [0.25, 0.3) is 0 Å². The highest BCUT2D eigenvalue weighted by Gasteiger charge is 2.15. The zero-order chi connectivity index (χ0) is 13.0. The van der Waals surface area contributed by atoms with Gasteiger partial charge in [-0.1, -0.05) is 0 Å². The van der Waals surface area contributed by atoms with Gasteiger partial charge in [-0.15, -0.1) is 0 Å². The predicted molar refractivity (Wildman–Crippen MR) is 69.2 cm³/mol. The lowest BCUT2D eigenvalue weighted by atomic mass is 10.2. The number of pyridine rings is 1. The highest BCUT2D eigenvalue weighted by molar-refractivity contribution is 5.91. The number of amides is 1. The number of nitrogens with zero attached hydrogens (tertiary/aromatic N) is 1. The number of nitrogens with one attached hydrogen (secondary N) is 1. The molecule has 18 heavy (non-hydrogen) atoms. The Labute approximate surface area is 106 Å². The lowest BCUT2D eigenvalue weighted by Crippen LogP contribution is -2.17. The number of nitrogens with two attached hydrogens (primary N) is 2. The molecule has 0 bridgehead atoms. The monoisotopic (exact) mass is 250 g/mol. The van der Waals surface area contributed by atoms with Gasteiger partial charge >= 0.3 is 0 Å². The van der Waals surface area contributed by atoms with Crippen molar-refractivity contribution in [2.75, 3.05) is 24.2 Å². The molecule has 1 aliphatic rings. The summed E-state index contributed by atoms with van der Waals surface area (Å²) in [5.74, 6) is -0.0542. The highest BCUT2D eigenvalue weighted by Crippen LogP contribution is 2.18. The van der Waals surface area contributed by atoms with Gasteiger partial charge < -0.3 is 21.5 Å². The van der Waals surface area contributed by atoms with Crippen molar-refractivity contribution in [2.45, 2.75) is 25.4 Å². The second kappa shape index (κ2) is 5.68. The van der Waals surface area contributed by atoms with E-state index in [-0.39, 0.29) is 5.69 Å². The van der Waals surface area contributed by atoms with E-state index >= 15 is 0 Å². The van der Waals surface area contributed by atoms with Gasteiger partial charge in [0.05, 0.1) is 11.8 Å². The second-order valence-corrected chi connectivity index (χ2v) is 4.35. The third-order valence-corrected chi connectivity index (χ3v) is 2.96. The van der Waals surface area contributed by atoms with Crippen LogP contribution in [0.4, 0.5) is 11.5 Å². The topological polar surface area (TPSA) is 103 Å². The van der Waals surface area contributed by atoms with Gasteiger partial charge in [0.1, 0.15) is 11.5 Å². The number of carbonyl (C=O) groups is 1. The van der Waals surface area contributed by atoms with E-state index < -0.39 is 5.91 Å². The molecule has 0 aliphatic carbocycles. The fourth-order valence-corrected chi connectivity index (χ4v) is 1.97. The van der Waals surface area contributed by atoms with Gasteiger partial charge in [0, 0.05) is 13.2 Å². The molecule has 1 aromatic heterocycles. The Morgan fingerprint density at radius 2 is 2.39 bits per heavy atom. The van der Waals surface area contributed by atoms with Gasteiger partial charge in [-0.25, -0.2) is 4.98 Å². The lowest BCUT2D eigenvalue weighted by molar-refractivity contribution is 0.0995. The summed E-state index contributed by atoms with van der Waals surface area (Å²) >= 11 is 0. The molecule has 1 aromatic rings. The number of hydrogen-bond acceptors (Lipinski definition) is 5. The quantitative estimate of drug-likeness (QED) is 0.715. The number of primary amides is 1. The van der Waals surface area contributed by atoms with Gasteiger partial charge in [0.25, 0.3) is 5.91 Å². The summed E-state index contributed by atoms with van der Waals surface area (Å²) in [7, 11) is 0. The predicted octanol–water partition coefficient (Wildman–Crippen LogP) is 0.744. The summed E-state index contributed by atoms with van der Waals surface area (Å²) in [6.45, 7) is 1.56. The molecule has 6 heteroatoms. The fraction of sp³-hybridized carbons (Fsp3) is 0.500.